The highest BCUT2D eigenvalue weighted by Crippen LogP contribution is 1.93. The van der Waals surface area contributed by atoms with Gasteiger partial charge in [0.1, 0.15) is 13.0 Å². The van der Waals surface area contributed by atoms with Crippen molar-refractivity contribution in [1.29, 1.82) is 0 Å². The van der Waals surface area contributed by atoms with E-state index in [1.54, 1.807) is 7.11 Å². The third-order valence-corrected chi connectivity index (χ3v) is 1.00. The molecule has 2 atom stereocenters. The number of hydrogen-bond acceptors (Lipinski definition) is 4. The van der Waals surface area contributed by atoms with E-state index in [4.69, 9.17) is 16.2 Å². The van der Waals surface area contributed by atoms with Crippen LogP contribution in [-0.4, -0.2) is 26.2 Å². The summed E-state index contributed by atoms with van der Waals surface area (Å²) in [6.07, 6.45) is 0.351. The Morgan fingerprint density at radius 1 is 1.40 bits per heavy atom. The summed E-state index contributed by atoms with van der Waals surface area (Å²) in [4.78, 5) is 0. The predicted molar refractivity (Wildman–Crippen MR) is 39.2 cm³/mol. The Morgan fingerprint density at radius 3 is 2.40 bits per heavy atom. The molecule has 0 aromatic carbocycles. The average molecular weight is 148 g/mol. The van der Waals surface area contributed by atoms with Crippen molar-refractivity contribution in [2.24, 2.45) is 11.5 Å². The van der Waals surface area contributed by atoms with E-state index in [2.05, 4.69) is 4.74 Å². The van der Waals surface area contributed by atoms with Crippen LogP contribution in [0.15, 0.2) is 0 Å². The van der Waals surface area contributed by atoms with Crippen LogP contribution < -0.4 is 11.5 Å². The lowest BCUT2D eigenvalue weighted by Gasteiger charge is -2.13. The van der Waals surface area contributed by atoms with Crippen LogP contribution in [0.2, 0.25) is 0 Å². The summed E-state index contributed by atoms with van der Waals surface area (Å²) >= 11 is 0. The third kappa shape index (κ3) is 5.97. The Balaban J connectivity index is 3.16. The minimum absolute atomic E-state index is 0.0758. The molecule has 0 amide bonds. The van der Waals surface area contributed by atoms with E-state index in [1.807, 2.05) is 6.92 Å². The first kappa shape index (κ1) is 9.84. The van der Waals surface area contributed by atoms with Crippen molar-refractivity contribution in [3.8, 4) is 0 Å². The first-order valence-corrected chi connectivity index (χ1v) is 3.28. The van der Waals surface area contributed by atoms with Crippen molar-refractivity contribution in [3.63, 3.8) is 0 Å². The molecule has 1 unspecified atom stereocenters. The van der Waals surface area contributed by atoms with Crippen LogP contribution in [0.4, 0.5) is 0 Å². The third-order valence-electron chi connectivity index (χ3n) is 1.00. The van der Waals surface area contributed by atoms with E-state index < -0.39 is 0 Å². The number of nitrogens with two attached hydrogens (primary N) is 2. The van der Waals surface area contributed by atoms with Crippen LogP contribution in [0, 0.1) is 0 Å². The normalized spacial score (nSPS) is 16.8. The smallest absolute Gasteiger partial charge is 0.148 e. The highest BCUT2D eigenvalue weighted by atomic mass is 16.7. The molecule has 62 valence electrons. The van der Waals surface area contributed by atoms with E-state index in [-0.39, 0.29) is 19.1 Å². The summed E-state index contributed by atoms with van der Waals surface area (Å²) in [6, 6.07) is 0.0758. The zero-order valence-electron chi connectivity index (χ0n) is 6.54. The summed E-state index contributed by atoms with van der Waals surface area (Å²) < 4.78 is 9.63. The molecule has 0 saturated heterocycles. The van der Waals surface area contributed by atoms with E-state index in [9.17, 15) is 0 Å². The molecule has 4 heteroatoms. The Morgan fingerprint density at radius 2 is 2.00 bits per heavy atom. The van der Waals surface area contributed by atoms with Crippen molar-refractivity contribution in [2.75, 3.05) is 13.9 Å². The van der Waals surface area contributed by atoms with E-state index >= 15 is 0 Å². The lowest BCUT2D eigenvalue weighted by atomic mass is 10.2. The molecule has 0 aliphatic carbocycles. The molecule has 0 aromatic rings. The molecule has 0 bridgehead atoms. The van der Waals surface area contributed by atoms with Gasteiger partial charge in [0.25, 0.3) is 0 Å². The lowest BCUT2D eigenvalue weighted by Crippen LogP contribution is -2.32. The quantitative estimate of drug-likeness (QED) is 0.522. The standard InChI is InChI=1S/C6H16N2O2/c1-5(7)3-6(8)10-4-9-2/h5-6H,3-4,7-8H2,1-2H3/t5?,6-/m1/s1. The van der Waals surface area contributed by atoms with Crippen LogP contribution in [0.25, 0.3) is 0 Å². The maximum Gasteiger partial charge on any atom is 0.148 e. The molecule has 0 aromatic heterocycles. The SMILES string of the molecule is COCO[C@@H](N)CC(C)N. The predicted octanol–water partition coefficient (Wildman–Crippen LogP) is -0.371. The molecule has 4 nitrogen and oxygen atoms in total. The van der Waals surface area contributed by atoms with Gasteiger partial charge in [-0.25, -0.2) is 0 Å². The Bertz CT molecular complexity index is 78.1. The van der Waals surface area contributed by atoms with Gasteiger partial charge in [-0.15, -0.1) is 0 Å². The maximum absolute atomic E-state index is 5.48. The summed E-state index contributed by atoms with van der Waals surface area (Å²) in [5.74, 6) is 0. The molecule has 0 radical (unpaired) electrons. The van der Waals surface area contributed by atoms with E-state index in [1.165, 1.54) is 0 Å². The number of rotatable bonds is 5. The van der Waals surface area contributed by atoms with Gasteiger partial charge < -0.3 is 20.9 Å². The Labute approximate surface area is 61.5 Å². The molecule has 0 rings (SSSR count). The summed E-state index contributed by atoms with van der Waals surface area (Å²) in [5, 5.41) is 0. The van der Waals surface area contributed by atoms with Gasteiger partial charge in [0.05, 0.1) is 0 Å². The van der Waals surface area contributed by atoms with Crippen molar-refractivity contribution >= 4 is 0 Å². The minimum atomic E-state index is -0.306. The molecule has 4 N–H and O–H groups in total. The van der Waals surface area contributed by atoms with Crippen LogP contribution in [0.1, 0.15) is 13.3 Å². The fraction of sp³-hybridized carbons (Fsp3) is 1.00. The largest absolute Gasteiger partial charge is 0.359 e. The molecule has 0 saturated carbocycles. The molecular formula is C6H16N2O2. The van der Waals surface area contributed by atoms with Crippen molar-refractivity contribution in [1.82, 2.24) is 0 Å². The minimum Gasteiger partial charge on any atom is -0.359 e. The van der Waals surface area contributed by atoms with Gasteiger partial charge in [0.15, 0.2) is 0 Å². The summed E-state index contributed by atoms with van der Waals surface area (Å²) in [7, 11) is 1.55. The fourth-order valence-electron chi connectivity index (χ4n) is 0.590. The van der Waals surface area contributed by atoms with Crippen LogP contribution >= 0.6 is 0 Å². The summed E-state index contributed by atoms with van der Waals surface area (Å²) in [6.45, 7) is 2.11. The van der Waals surface area contributed by atoms with Gasteiger partial charge in [-0.2, -0.15) is 0 Å². The Kier molecular flexibility index (Phi) is 5.52. The van der Waals surface area contributed by atoms with Gasteiger partial charge in [-0.05, 0) is 6.92 Å². The topological polar surface area (TPSA) is 70.5 Å². The van der Waals surface area contributed by atoms with Crippen LogP contribution in [0.3, 0.4) is 0 Å². The molecule has 0 fully saturated rings. The highest BCUT2D eigenvalue weighted by molar-refractivity contribution is 4.57. The second-order valence-corrected chi connectivity index (χ2v) is 2.32. The van der Waals surface area contributed by atoms with E-state index in [0.29, 0.717) is 6.42 Å². The molecular weight excluding hydrogens is 132 g/mol. The van der Waals surface area contributed by atoms with Gasteiger partial charge >= 0.3 is 0 Å². The van der Waals surface area contributed by atoms with Crippen molar-refractivity contribution in [2.45, 2.75) is 25.6 Å². The first-order chi connectivity index (χ1) is 4.66. The maximum atomic E-state index is 5.48. The van der Waals surface area contributed by atoms with E-state index in [0.717, 1.165) is 0 Å². The number of hydrogen-bond donors (Lipinski definition) is 2. The van der Waals surface area contributed by atoms with Crippen LogP contribution in [-0.2, 0) is 9.47 Å². The van der Waals surface area contributed by atoms with Crippen molar-refractivity contribution < 1.29 is 9.47 Å². The second-order valence-electron chi connectivity index (χ2n) is 2.32. The molecule has 0 aliphatic rings. The molecule has 0 heterocycles. The highest BCUT2D eigenvalue weighted by Gasteiger charge is 2.04. The molecule has 0 spiro atoms. The summed E-state index contributed by atoms with van der Waals surface area (Å²) in [5.41, 5.74) is 10.9. The number of methoxy groups -OCH3 is 1. The Hall–Kier alpha value is -0.160. The molecule has 0 aliphatic heterocycles. The average Bonchev–Trinajstić information content (AvgIpc) is 1.82. The van der Waals surface area contributed by atoms with Gasteiger partial charge in [0.2, 0.25) is 0 Å². The fourth-order valence-corrected chi connectivity index (χ4v) is 0.590. The van der Waals surface area contributed by atoms with Gasteiger partial charge in [0, 0.05) is 19.6 Å². The number of ether oxygens (including phenoxy) is 2. The monoisotopic (exact) mass is 148 g/mol. The van der Waals surface area contributed by atoms with Crippen LogP contribution in [0.5, 0.6) is 0 Å². The lowest BCUT2D eigenvalue weighted by molar-refractivity contribution is -0.0729. The van der Waals surface area contributed by atoms with Crippen molar-refractivity contribution in [3.05, 3.63) is 0 Å². The first-order valence-electron chi connectivity index (χ1n) is 3.28. The second kappa shape index (κ2) is 5.61. The molecule has 10 heavy (non-hydrogen) atoms. The van der Waals surface area contributed by atoms with Gasteiger partial charge in [-0.3, -0.25) is 0 Å². The zero-order valence-corrected chi connectivity index (χ0v) is 6.54. The zero-order chi connectivity index (χ0) is 7.98. The van der Waals surface area contributed by atoms with Gasteiger partial charge in [-0.1, -0.05) is 0 Å².